The number of benzene rings is 2. The lowest BCUT2D eigenvalue weighted by Gasteiger charge is -2.16. The van der Waals surface area contributed by atoms with Gasteiger partial charge >= 0.3 is 6.09 Å². The van der Waals surface area contributed by atoms with Gasteiger partial charge in [0, 0.05) is 17.8 Å². The van der Waals surface area contributed by atoms with Gasteiger partial charge in [-0.15, -0.1) is 0 Å². The van der Waals surface area contributed by atoms with E-state index in [1.807, 2.05) is 0 Å². The van der Waals surface area contributed by atoms with Crippen LogP contribution in [-0.4, -0.2) is 11.0 Å². The summed E-state index contributed by atoms with van der Waals surface area (Å²) >= 11 is 0. The normalized spacial score (nSPS) is 10.5. The summed E-state index contributed by atoms with van der Waals surface area (Å²) in [5.41, 5.74) is 0.482. The van der Waals surface area contributed by atoms with Crippen LogP contribution in [0.1, 0.15) is 19.4 Å². The molecular formula is C17H15N3O4. The van der Waals surface area contributed by atoms with Crippen LogP contribution in [0.25, 0.3) is 0 Å². The van der Waals surface area contributed by atoms with Gasteiger partial charge in [-0.3, -0.25) is 15.4 Å². The van der Waals surface area contributed by atoms with Crippen molar-refractivity contribution in [1.82, 2.24) is 0 Å². The Morgan fingerprint density at radius 1 is 1.25 bits per heavy atom. The number of carbonyl (C=O) groups is 1. The van der Waals surface area contributed by atoms with Crippen molar-refractivity contribution < 1.29 is 14.5 Å². The topological polar surface area (TPSA) is 105 Å². The highest BCUT2D eigenvalue weighted by atomic mass is 16.6. The first kappa shape index (κ1) is 17.0. The van der Waals surface area contributed by atoms with E-state index in [0.717, 1.165) is 5.56 Å². The molecule has 0 fully saturated rings. The molecule has 0 saturated heterocycles. The number of nitro benzene ring substituents is 1. The number of nitriles is 1. The molecule has 1 N–H and O–H groups in total. The average Bonchev–Trinajstić information content (AvgIpc) is 2.55. The van der Waals surface area contributed by atoms with Crippen LogP contribution in [0, 0.1) is 21.4 Å². The van der Waals surface area contributed by atoms with Crippen molar-refractivity contribution in [2.24, 2.45) is 0 Å². The molecule has 0 aliphatic rings. The monoisotopic (exact) mass is 325 g/mol. The molecule has 1 amide bonds. The van der Waals surface area contributed by atoms with Crippen molar-refractivity contribution in [2.75, 3.05) is 5.32 Å². The lowest BCUT2D eigenvalue weighted by molar-refractivity contribution is -0.384. The van der Waals surface area contributed by atoms with E-state index in [2.05, 4.69) is 11.4 Å². The highest BCUT2D eigenvalue weighted by Crippen LogP contribution is 2.25. The Kier molecular flexibility index (Phi) is 4.80. The molecule has 0 radical (unpaired) electrons. The van der Waals surface area contributed by atoms with E-state index in [1.165, 1.54) is 24.3 Å². The summed E-state index contributed by atoms with van der Waals surface area (Å²) in [5.74, 6) is 0.187. The van der Waals surface area contributed by atoms with Crippen LogP contribution in [0.5, 0.6) is 5.75 Å². The second-order valence-electron chi connectivity index (χ2n) is 5.58. The molecule has 0 aromatic heterocycles. The SMILES string of the molecule is CC(C)(C#N)c1cccc(NC(=O)Oc2ccc([N+](=O)[O-])cc2)c1. The number of hydrogen-bond donors (Lipinski definition) is 1. The third kappa shape index (κ3) is 4.08. The predicted octanol–water partition coefficient (Wildman–Crippen LogP) is 4.01. The number of amides is 1. The van der Waals surface area contributed by atoms with Crippen molar-refractivity contribution in [2.45, 2.75) is 19.3 Å². The van der Waals surface area contributed by atoms with Crippen LogP contribution in [-0.2, 0) is 5.41 Å². The van der Waals surface area contributed by atoms with Gasteiger partial charge in [-0.25, -0.2) is 4.79 Å². The van der Waals surface area contributed by atoms with E-state index in [-0.39, 0.29) is 11.4 Å². The van der Waals surface area contributed by atoms with Gasteiger partial charge < -0.3 is 4.74 Å². The molecule has 7 heteroatoms. The number of hydrogen-bond acceptors (Lipinski definition) is 5. The Hall–Kier alpha value is -3.40. The Morgan fingerprint density at radius 3 is 2.50 bits per heavy atom. The van der Waals surface area contributed by atoms with Crippen molar-refractivity contribution in [3.8, 4) is 11.8 Å². The summed E-state index contributed by atoms with van der Waals surface area (Å²) in [4.78, 5) is 21.9. The van der Waals surface area contributed by atoms with E-state index in [1.54, 1.807) is 38.1 Å². The van der Waals surface area contributed by atoms with E-state index in [4.69, 9.17) is 10.00 Å². The zero-order valence-corrected chi connectivity index (χ0v) is 13.1. The molecule has 2 aromatic carbocycles. The molecule has 2 aromatic rings. The van der Waals surface area contributed by atoms with Crippen LogP contribution in [0.4, 0.5) is 16.2 Å². The van der Waals surface area contributed by atoms with E-state index in [0.29, 0.717) is 5.69 Å². The molecule has 0 heterocycles. The quantitative estimate of drug-likeness (QED) is 0.675. The molecule has 0 spiro atoms. The van der Waals surface area contributed by atoms with Crippen molar-refractivity contribution in [3.63, 3.8) is 0 Å². The Bertz CT molecular complexity index is 807. The molecule has 122 valence electrons. The maximum absolute atomic E-state index is 11.9. The number of ether oxygens (including phenoxy) is 1. The summed E-state index contributed by atoms with van der Waals surface area (Å²) in [7, 11) is 0. The van der Waals surface area contributed by atoms with Crippen LogP contribution in [0.15, 0.2) is 48.5 Å². The fourth-order valence-electron chi connectivity index (χ4n) is 1.94. The Balaban J connectivity index is 2.06. The molecule has 0 unspecified atom stereocenters. The number of nitro groups is 1. The lowest BCUT2D eigenvalue weighted by atomic mass is 9.86. The van der Waals surface area contributed by atoms with Gasteiger partial charge in [0.05, 0.1) is 16.4 Å². The number of non-ortho nitro benzene ring substituents is 1. The fourth-order valence-corrected chi connectivity index (χ4v) is 1.94. The predicted molar refractivity (Wildman–Crippen MR) is 87.8 cm³/mol. The number of carbonyl (C=O) groups excluding carboxylic acids is 1. The third-order valence-electron chi connectivity index (χ3n) is 3.37. The highest BCUT2D eigenvalue weighted by molar-refractivity contribution is 5.86. The van der Waals surface area contributed by atoms with Crippen molar-refractivity contribution in [1.29, 1.82) is 5.26 Å². The average molecular weight is 325 g/mol. The number of nitrogens with zero attached hydrogens (tertiary/aromatic N) is 2. The molecule has 0 aliphatic heterocycles. The van der Waals surface area contributed by atoms with E-state index >= 15 is 0 Å². The summed E-state index contributed by atoms with van der Waals surface area (Å²) in [6.45, 7) is 3.56. The highest BCUT2D eigenvalue weighted by Gasteiger charge is 2.20. The minimum absolute atomic E-state index is 0.0887. The smallest absolute Gasteiger partial charge is 0.410 e. The molecular weight excluding hydrogens is 310 g/mol. The molecule has 0 atom stereocenters. The van der Waals surface area contributed by atoms with Crippen molar-refractivity contribution in [3.05, 3.63) is 64.2 Å². The Labute approximate surface area is 138 Å². The maximum Gasteiger partial charge on any atom is 0.417 e. The summed E-state index contributed by atoms with van der Waals surface area (Å²) in [5, 5.41) is 22.3. The van der Waals surface area contributed by atoms with E-state index in [9.17, 15) is 14.9 Å². The fraction of sp³-hybridized carbons (Fsp3) is 0.176. The van der Waals surface area contributed by atoms with Crippen molar-refractivity contribution >= 4 is 17.5 Å². The zero-order valence-electron chi connectivity index (χ0n) is 13.1. The van der Waals surface area contributed by atoms with Crippen LogP contribution in [0.2, 0.25) is 0 Å². The number of rotatable bonds is 4. The molecule has 0 bridgehead atoms. The van der Waals surface area contributed by atoms with Gasteiger partial charge in [-0.05, 0) is 43.7 Å². The van der Waals surface area contributed by atoms with Crippen LogP contribution >= 0.6 is 0 Å². The lowest BCUT2D eigenvalue weighted by Crippen LogP contribution is -2.18. The standard InChI is InChI=1S/C17H15N3O4/c1-17(2,11-18)12-4-3-5-13(10-12)19-16(21)24-15-8-6-14(7-9-15)20(22)23/h3-10H,1-2H3,(H,19,21). The molecule has 7 nitrogen and oxygen atoms in total. The second kappa shape index (κ2) is 6.79. The summed E-state index contributed by atoms with van der Waals surface area (Å²) < 4.78 is 5.07. The zero-order chi connectivity index (χ0) is 17.7. The van der Waals surface area contributed by atoms with Gasteiger partial charge in [0.25, 0.3) is 5.69 Å². The molecule has 0 aliphatic carbocycles. The first-order valence-electron chi connectivity index (χ1n) is 7.07. The summed E-state index contributed by atoms with van der Waals surface area (Å²) in [6, 6.07) is 14.3. The second-order valence-corrected chi connectivity index (χ2v) is 5.58. The van der Waals surface area contributed by atoms with E-state index < -0.39 is 16.4 Å². The van der Waals surface area contributed by atoms with Gasteiger partial charge in [0.2, 0.25) is 0 Å². The molecule has 0 saturated carbocycles. The van der Waals surface area contributed by atoms with Gasteiger partial charge in [-0.1, -0.05) is 12.1 Å². The number of nitrogens with one attached hydrogen (secondary N) is 1. The van der Waals surface area contributed by atoms with Gasteiger partial charge in [0.1, 0.15) is 5.75 Å². The minimum atomic E-state index is -0.726. The third-order valence-corrected chi connectivity index (χ3v) is 3.37. The molecule has 24 heavy (non-hydrogen) atoms. The Morgan fingerprint density at radius 2 is 1.92 bits per heavy atom. The van der Waals surface area contributed by atoms with Crippen LogP contribution < -0.4 is 10.1 Å². The van der Waals surface area contributed by atoms with Gasteiger partial charge in [-0.2, -0.15) is 5.26 Å². The largest absolute Gasteiger partial charge is 0.417 e. The number of anilines is 1. The summed E-state index contributed by atoms with van der Waals surface area (Å²) in [6.07, 6.45) is -0.726. The molecule has 2 rings (SSSR count). The maximum atomic E-state index is 11.9. The minimum Gasteiger partial charge on any atom is -0.410 e. The van der Waals surface area contributed by atoms with Gasteiger partial charge in [0.15, 0.2) is 0 Å². The van der Waals surface area contributed by atoms with Crippen LogP contribution in [0.3, 0.4) is 0 Å². The first-order chi connectivity index (χ1) is 11.3. The first-order valence-corrected chi connectivity index (χ1v) is 7.07.